The van der Waals surface area contributed by atoms with Crippen LogP contribution in [0, 0.1) is 0 Å². The molecule has 0 unspecified atom stereocenters. The Morgan fingerprint density at radius 3 is 1.65 bits per heavy atom. The molecule has 0 fully saturated rings. The van der Waals surface area contributed by atoms with E-state index >= 15 is 0 Å². The van der Waals surface area contributed by atoms with Crippen LogP contribution >= 0.6 is 15.9 Å². The maximum Gasteiger partial charge on any atom is 0.338 e. The van der Waals surface area contributed by atoms with E-state index < -0.39 is 11.9 Å². The van der Waals surface area contributed by atoms with Crippen LogP contribution in [-0.4, -0.2) is 28.8 Å². The summed E-state index contributed by atoms with van der Waals surface area (Å²) in [5, 5.41) is 0.174. The Bertz CT molecular complexity index is 1510. The summed E-state index contributed by atoms with van der Waals surface area (Å²) in [6, 6.07) is 29.9. The lowest BCUT2D eigenvalue weighted by molar-refractivity contribution is 0.0464. The van der Waals surface area contributed by atoms with Gasteiger partial charge in [0.25, 0.3) is 0 Å². The summed E-state index contributed by atoms with van der Waals surface area (Å²) in [6.45, 7) is 0.219. The average molecular weight is 599 g/mol. The molecule has 0 amide bonds. The molecule has 0 saturated carbocycles. The third kappa shape index (κ3) is 8.07. The number of rotatable bonds is 12. The minimum atomic E-state index is -0.521. The van der Waals surface area contributed by atoms with Crippen molar-refractivity contribution in [3.8, 4) is 0 Å². The van der Waals surface area contributed by atoms with Gasteiger partial charge in [0.1, 0.15) is 13.2 Å². The summed E-state index contributed by atoms with van der Waals surface area (Å²) in [6.07, 6.45) is 0.736. The van der Waals surface area contributed by atoms with Gasteiger partial charge >= 0.3 is 11.9 Å². The molecule has 6 nitrogen and oxygen atoms in total. The van der Waals surface area contributed by atoms with Crippen LogP contribution in [0.15, 0.2) is 103 Å². The van der Waals surface area contributed by atoms with E-state index in [0.29, 0.717) is 28.7 Å². The molecule has 0 aliphatic rings. The van der Waals surface area contributed by atoms with Crippen molar-refractivity contribution in [2.45, 2.75) is 26.1 Å². The number of Topliss-reactive ketones (excluding diaryl/α,β-unsaturated/α-hetero) is 2. The van der Waals surface area contributed by atoms with Crippen molar-refractivity contribution < 1.29 is 28.7 Å². The molecule has 0 bridgehead atoms. The van der Waals surface area contributed by atoms with Gasteiger partial charge in [-0.2, -0.15) is 0 Å². The highest BCUT2D eigenvalue weighted by molar-refractivity contribution is 9.09. The summed E-state index contributed by atoms with van der Waals surface area (Å²) in [4.78, 5) is 49.7. The van der Waals surface area contributed by atoms with E-state index in [1.807, 2.05) is 54.6 Å². The first kappa shape index (κ1) is 28.6. The van der Waals surface area contributed by atoms with Gasteiger partial charge in [-0.3, -0.25) is 9.59 Å². The molecule has 0 heterocycles. The van der Waals surface area contributed by atoms with Gasteiger partial charge in [-0.15, -0.1) is 0 Å². The van der Waals surface area contributed by atoms with Gasteiger partial charge in [-0.05, 0) is 47.4 Å². The monoisotopic (exact) mass is 598 g/mol. The Kier molecular flexibility index (Phi) is 10.1. The number of aryl methyl sites for hydroxylation is 1. The number of hydrogen-bond donors (Lipinski definition) is 0. The van der Waals surface area contributed by atoms with E-state index in [9.17, 15) is 19.2 Å². The zero-order valence-corrected chi connectivity index (χ0v) is 23.3. The van der Waals surface area contributed by atoms with Crippen molar-refractivity contribution in [1.82, 2.24) is 0 Å². The number of halogens is 1. The van der Waals surface area contributed by atoms with Crippen molar-refractivity contribution in [1.29, 1.82) is 0 Å². The number of carbonyl (C=O) groups excluding carboxylic acids is 4. The Morgan fingerprint density at radius 1 is 0.525 bits per heavy atom. The van der Waals surface area contributed by atoms with E-state index in [1.54, 1.807) is 42.5 Å². The van der Waals surface area contributed by atoms with Crippen molar-refractivity contribution in [3.05, 3.63) is 142 Å². The molecule has 0 radical (unpaired) electrons. The lowest BCUT2D eigenvalue weighted by Gasteiger charge is -2.09. The van der Waals surface area contributed by atoms with Gasteiger partial charge in [-0.1, -0.05) is 94.8 Å². The van der Waals surface area contributed by atoms with Crippen LogP contribution in [0.25, 0.3) is 0 Å². The van der Waals surface area contributed by atoms with Crippen LogP contribution in [0.1, 0.15) is 64.5 Å². The Morgan fingerprint density at radius 2 is 1.02 bits per heavy atom. The van der Waals surface area contributed by atoms with Gasteiger partial charge in [0, 0.05) is 17.5 Å². The number of ether oxygens (including phenoxy) is 2. The van der Waals surface area contributed by atoms with Gasteiger partial charge < -0.3 is 9.47 Å². The molecular formula is C33H27BrO6. The number of hydrogen-bond acceptors (Lipinski definition) is 6. The van der Waals surface area contributed by atoms with Crippen LogP contribution < -0.4 is 0 Å². The number of ketones is 2. The number of alkyl halides is 1. The molecule has 202 valence electrons. The zero-order valence-electron chi connectivity index (χ0n) is 21.7. The highest BCUT2D eigenvalue weighted by atomic mass is 79.9. The molecule has 4 aromatic rings. The predicted molar refractivity (Wildman–Crippen MR) is 155 cm³/mol. The molecular weight excluding hydrogens is 572 g/mol. The molecule has 0 N–H and O–H groups in total. The number of carbonyl (C=O) groups is 4. The fourth-order valence-electron chi connectivity index (χ4n) is 4.03. The third-order valence-corrected chi connectivity index (χ3v) is 6.69. The van der Waals surface area contributed by atoms with Crippen LogP contribution in [0.2, 0.25) is 0 Å². The van der Waals surface area contributed by atoms with E-state index in [-0.39, 0.29) is 36.5 Å². The van der Waals surface area contributed by atoms with Gasteiger partial charge in [0.15, 0.2) is 11.6 Å². The van der Waals surface area contributed by atoms with E-state index in [2.05, 4.69) is 15.9 Å². The average Bonchev–Trinajstić information content (AvgIpc) is 3.01. The SMILES string of the molecule is O=C(CBr)c1cccc(C(=O)OCc2cccc(CCC(=O)c3cccc(C(=O)OCc4ccccc4)c3)c2)c1. The first-order valence-electron chi connectivity index (χ1n) is 12.7. The normalized spacial score (nSPS) is 10.5. The number of esters is 2. The molecule has 0 spiro atoms. The fourth-order valence-corrected chi connectivity index (χ4v) is 4.36. The van der Waals surface area contributed by atoms with Gasteiger partial charge in [-0.25, -0.2) is 9.59 Å². The van der Waals surface area contributed by atoms with Crippen molar-refractivity contribution in [3.63, 3.8) is 0 Å². The summed E-state index contributed by atoms with van der Waals surface area (Å²) >= 11 is 3.13. The van der Waals surface area contributed by atoms with Gasteiger partial charge in [0.2, 0.25) is 0 Å². The molecule has 0 atom stereocenters. The van der Waals surface area contributed by atoms with E-state index in [0.717, 1.165) is 16.7 Å². The first-order valence-corrected chi connectivity index (χ1v) is 13.8. The second kappa shape index (κ2) is 14.1. The maximum absolute atomic E-state index is 12.9. The molecule has 4 aromatic carbocycles. The third-order valence-electron chi connectivity index (χ3n) is 6.18. The largest absolute Gasteiger partial charge is 0.457 e. The highest BCUT2D eigenvalue weighted by Crippen LogP contribution is 2.15. The quantitative estimate of drug-likeness (QED) is 0.101. The minimum absolute atomic E-state index is 0.0599. The predicted octanol–water partition coefficient (Wildman–Crippen LogP) is 6.79. The van der Waals surface area contributed by atoms with Crippen LogP contribution in [0.3, 0.4) is 0 Å². The Balaban J connectivity index is 1.30. The first-order chi connectivity index (χ1) is 19.4. The molecule has 0 aliphatic heterocycles. The molecule has 7 heteroatoms. The smallest absolute Gasteiger partial charge is 0.338 e. The summed E-state index contributed by atoms with van der Waals surface area (Å²) in [7, 11) is 0. The lowest BCUT2D eigenvalue weighted by Crippen LogP contribution is -2.08. The second-order valence-electron chi connectivity index (χ2n) is 9.10. The highest BCUT2D eigenvalue weighted by Gasteiger charge is 2.14. The van der Waals surface area contributed by atoms with E-state index in [4.69, 9.17) is 9.47 Å². The molecule has 0 aliphatic carbocycles. The maximum atomic E-state index is 12.9. The topological polar surface area (TPSA) is 86.7 Å². The minimum Gasteiger partial charge on any atom is -0.457 e. The van der Waals surface area contributed by atoms with Crippen LogP contribution in [0.4, 0.5) is 0 Å². The zero-order chi connectivity index (χ0) is 28.3. The van der Waals surface area contributed by atoms with Crippen LogP contribution in [0.5, 0.6) is 0 Å². The van der Waals surface area contributed by atoms with Gasteiger partial charge in [0.05, 0.1) is 16.5 Å². The van der Waals surface area contributed by atoms with Crippen molar-refractivity contribution in [2.24, 2.45) is 0 Å². The molecule has 40 heavy (non-hydrogen) atoms. The summed E-state index contributed by atoms with van der Waals surface area (Å²) in [5.74, 6) is -1.21. The molecule has 0 aromatic heterocycles. The van der Waals surface area contributed by atoms with Crippen molar-refractivity contribution >= 4 is 39.4 Å². The van der Waals surface area contributed by atoms with Crippen LogP contribution in [-0.2, 0) is 29.1 Å². The van der Waals surface area contributed by atoms with E-state index in [1.165, 1.54) is 6.07 Å². The van der Waals surface area contributed by atoms with Crippen molar-refractivity contribution in [2.75, 3.05) is 5.33 Å². The summed E-state index contributed by atoms with van der Waals surface area (Å²) in [5.41, 5.74) is 4.11. The lowest BCUT2D eigenvalue weighted by atomic mass is 10.0. The number of benzene rings is 4. The second-order valence-corrected chi connectivity index (χ2v) is 9.66. The summed E-state index contributed by atoms with van der Waals surface area (Å²) < 4.78 is 10.8. The fraction of sp³-hybridized carbons (Fsp3) is 0.152. The molecule has 0 saturated heterocycles. The molecule has 4 rings (SSSR count). The Hall–Kier alpha value is -4.36. The Labute approximate surface area is 241 Å². The standard InChI is InChI=1S/C33H27BrO6/c34-20-31(36)27-12-6-14-29(19-27)33(38)40-22-25-10-4-9-23(17-25)15-16-30(35)26-11-5-13-28(18-26)32(37)39-21-24-7-2-1-3-8-24/h1-14,17-19H,15-16,20-22H2.